The van der Waals surface area contributed by atoms with Crippen molar-refractivity contribution in [2.75, 3.05) is 5.75 Å². The van der Waals surface area contributed by atoms with E-state index in [1.54, 1.807) is 17.0 Å². The number of ketones is 1. The van der Waals surface area contributed by atoms with Gasteiger partial charge < -0.3 is 4.57 Å². The highest BCUT2D eigenvalue weighted by Crippen LogP contribution is 2.27. The molecular formula is C12H11BrN2OS. The Balaban J connectivity index is 2.02. The van der Waals surface area contributed by atoms with Crippen molar-refractivity contribution in [3.8, 4) is 0 Å². The third-order valence-electron chi connectivity index (χ3n) is 2.27. The van der Waals surface area contributed by atoms with E-state index in [0.717, 1.165) is 9.37 Å². The first kappa shape index (κ1) is 12.4. The van der Waals surface area contributed by atoms with Crippen molar-refractivity contribution in [3.63, 3.8) is 0 Å². The predicted molar refractivity (Wildman–Crippen MR) is 72.4 cm³/mol. The maximum Gasteiger partial charge on any atom is 0.208 e. The average Bonchev–Trinajstić information content (AvgIpc) is 2.74. The van der Waals surface area contributed by atoms with Gasteiger partial charge in [-0.2, -0.15) is 0 Å². The van der Waals surface area contributed by atoms with Gasteiger partial charge in [-0.05, 0) is 28.1 Å². The number of aryl methyl sites for hydroxylation is 1. The van der Waals surface area contributed by atoms with Gasteiger partial charge >= 0.3 is 0 Å². The lowest BCUT2D eigenvalue weighted by atomic mass is 10.4. The fourth-order valence-corrected chi connectivity index (χ4v) is 2.83. The van der Waals surface area contributed by atoms with Gasteiger partial charge in [-0.3, -0.25) is 4.79 Å². The van der Waals surface area contributed by atoms with Gasteiger partial charge in [0.05, 0.1) is 5.75 Å². The molecule has 0 fully saturated rings. The molecule has 0 saturated heterocycles. The molecule has 2 aromatic rings. The number of carbonyl (C=O) groups is 1. The molecule has 0 saturated carbocycles. The number of thioether (sulfide) groups is 1. The Labute approximate surface area is 112 Å². The van der Waals surface area contributed by atoms with Crippen LogP contribution in [0.5, 0.6) is 0 Å². The molecule has 0 aliphatic heterocycles. The van der Waals surface area contributed by atoms with Crippen LogP contribution in [0, 0.1) is 0 Å². The molecule has 0 aliphatic carbocycles. The van der Waals surface area contributed by atoms with Crippen LogP contribution in [-0.4, -0.2) is 21.1 Å². The predicted octanol–water partition coefficient (Wildman–Crippen LogP) is 3.16. The number of nitrogens with zero attached hydrogens (tertiary/aromatic N) is 2. The Morgan fingerprint density at radius 3 is 2.88 bits per heavy atom. The van der Waals surface area contributed by atoms with Crippen molar-refractivity contribution >= 4 is 33.5 Å². The van der Waals surface area contributed by atoms with Crippen LogP contribution in [0.3, 0.4) is 0 Å². The number of halogens is 1. The highest BCUT2D eigenvalue weighted by molar-refractivity contribution is 9.10. The molecule has 17 heavy (non-hydrogen) atoms. The van der Waals surface area contributed by atoms with Crippen LogP contribution in [0.25, 0.3) is 0 Å². The summed E-state index contributed by atoms with van der Waals surface area (Å²) in [5, 5.41) is 0. The zero-order valence-electron chi connectivity index (χ0n) is 9.26. The fraction of sp³-hybridized carbons (Fsp3) is 0.167. The normalized spacial score (nSPS) is 10.5. The standard InChI is InChI=1S/C12H11BrN2OS/c1-15-7-6-14-12(15)10(16)8-17-11-5-3-2-4-9(11)13/h2-7H,8H2,1H3. The lowest BCUT2D eigenvalue weighted by Gasteiger charge is -2.03. The van der Waals surface area contributed by atoms with Crippen molar-refractivity contribution < 1.29 is 4.79 Å². The molecule has 0 unspecified atom stereocenters. The van der Waals surface area contributed by atoms with Crippen molar-refractivity contribution in [1.82, 2.24) is 9.55 Å². The summed E-state index contributed by atoms with van der Waals surface area (Å²) in [5.74, 6) is 0.941. The van der Waals surface area contributed by atoms with Crippen molar-refractivity contribution in [3.05, 3.63) is 47.0 Å². The van der Waals surface area contributed by atoms with Gasteiger partial charge in [0, 0.05) is 28.8 Å². The maximum atomic E-state index is 11.9. The first-order chi connectivity index (χ1) is 8.18. The molecule has 0 bridgehead atoms. The van der Waals surface area contributed by atoms with Crippen LogP contribution in [0.2, 0.25) is 0 Å². The first-order valence-electron chi connectivity index (χ1n) is 5.06. The zero-order valence-corrected chi connectivity index (χ0v) is 11.7. The van der Waals surface area contributed by atoms with Gasteiger partial charge in [-0.15, -0.1) is 11.8 Å². The number of hydrogen-bond acceptors (Lipinski definition) is 3. The second kappa shape index (κ2) is 5.51. The summed E-state index contributed by atoms with van der Waals surface area (Å²) in [6, 6.07) is 7.86. The van der Waals surface area contributed by atoms with E-state index in [2.05, 4.69) is 20.9 Å². The third-order valence-corrected chi connectivity index (χ3v) is 4.29. The molecule has 2 rings (SSSR count). The van der Waals surface area contributed by atoms with Crippen LogP contribution in [-0.2, 0) is 7.05 Å². The van der Waals surface area contributed by atoms with Gasteiger partial charge in [0.25, 0.3) is 0 Å². The van der Waals surface area contributed by atoms with E-state index in [1.807, 2.05) is 31.3 Å². The van der Waals surface area contributed by atoms with Crippen LogP contribution < -0.4 is 0 Å². The van der Waals surface area contributed by atoms with E-state index in [9.17, 15) is 4.79 Å². The fourth-order valence-electron chi connectivity index (χ4n) is 1.40. The van der Waals surface area contributed by atoms with Crippen molar-refractivity contribution in [1.29, 1.82) is 0 Å². The smallest absolute Gasteiger partial charge is 0.208 e. The Kier molecular flexibility index (Phi) is 4.02. The Hall–Kier alpha value is -1.07. The van der Waals surface area contributed by atoms with E-state index in [1.165, 1.54) is 11.8 Å². The lowest BCUT2D eigenvalue weighted by Crippen LogP contribution is -2.09. The number of benzene rings is 1. The molecule has 0 radical (unpaired) electrons. The quantitative estimate of drug-likeness (QED) is 0.642. The minimum Gasteiger partial charge on any atom is -0.332 e. The highest BCUT2D eigenvalue weighted by Gasteiger charge is 2.11. The summed E-state index contributed by atoms with van der Waals surface area (Å²) in [4.78, 5) is 17.0. The van der Waals surface area contributed by atoms with Gasteiger partial charge in [0.15, 0.2) is 5.82 Å². The van der Waals surface area contributed by atoms with Crippen LogP contribution in [0.15, 0.2) is 46.0 Å². The van der Waals surface area contributed by atoms with Crippen LogP contribution >= 0.6 is 27.7 Å². The minimum absolute atomic E-state index is 0.0400. The molecule has 0 amide bonds. The molecular weight excluding hydrogens is 300 g/mol. The summed E-state index contributed by atoms with van der Waals surface area (Å²) < 4.78 is 2.75. The largest absolute Gasteiger partial charge is 0.332 e. The topological polar surface area (TPSA) is 34.9 Å². The summed E-state index contributed by atoms with van der Waals surface area (Å²) in [6.45, 7) is 0. The number of Topliss-reactive ketones (excluding diaryl/α,β-unsaturated/α-hetero) is 1. The van der Waals surface area contributed by atoms with Gasteiger partial charge in [0.2, 0.25) is 5.78 Å². The molecule has 0 atom stereocenters. The number of aromatic nitrogens is 2. The first-order valence-corrected chi connectivity index (χ1v) is 6.84. The van der Waals surface area contributed by atoms with Crippen molar-refractivity contribution in [2.45, 2.75) is 4.90 Å². The molecule has 0 spiro atoms. The van der Waals surface area contributed by atoms with Gasteiger partial charge in [-0.1, -0.05) is 12.1 Å². The number of imidazole rings is 1. The zero-order chi connectivity index (χ0) is 12.3. The van der Waals surface area contributed by atoms with E-state index in [4.69, 9.17) is 0 Å². The Morgan fingerprint density at radius 1 is 1.47 bits per heavy atom. The second-order valence-corrected chi connectivity index (χ2v) is 5.38. The van der Waals surface area contributed by atoms with E-state index < -0.39 is 0 Å². The highest BCUT2D eigenvalue weighted by atomic mass is 79.9. The molecule has 1 heterocycles. The molecule has 88 valence electrons. The van der Waals surface area contributed by atoms with E-state index in [0.29, 0.717) is 11.6 Å². The molecule has 0 N–H and O–H groups in total. The number of rotatable bonds is 4. The minimum atomic E-state index is 0.0400. The van der Waals surface area contributed by atoms with E-state index >= 15 is 0 Å². The average molecular weight is 311 g/mol. The van der Waals surface area contributed by atoms with Crippen LogP contribution in [0.1, 0.15) is 10.6 Å². The Morgan fingerprint density at radius 2 is 2.24 bits per heavy atom. The molecule has 1 aromatic carbocycles. The second-order valence-electron chi connectivity index (χ2n) is 3.50. The summed E-state index contributed by atoms with van der Waals surface area (Å²) >= 11 is 4.97. The molecule has 5 heteroatoms. The van der Waals surface area contributed by atoms with Gasteiger partial charge in [-0.25, -0.2) is 4.98 Å². The van der Waals surface area contributed by atoms with Crippen molar-refractivity contribution in [2.24, 2.45) is 7.05 Å². The number of carbonyl (C=O) groups excluding carboxylic acids is 1. The van der Waals surface area contributed by atoms with Crippen LogP contribution in [0.4, 0.5) is 0 Å². The van der Waals surface area contributed by atoms with Gasteiger partial charge in [0.1, 0.15) is 0 Å². The number of hydrogen-bond donors (Lipinski definition) is 0. The monoisotopic (exact) mass is 310 g/mol. The summed E-state index contributed by atoms with van der Waals surface area (Å²) in [5.41, 5.74) is 0. The summed E-state index contributed by atoms with van der Waals surface area (Å²) in [7, 11) is 1.82. The lowest BCUT2D eigenvalue weighted by molar-refractivity contribution is 0.101. The third kappa shape index (κ3) is 2.98. The SMILES string of the molecule is Cn1ccnc1C(=O)CSc1ccccc1Br. The Bertz CT molecular complexity index is 539. The molecule has 1 aromatic heterocycles. The maximum absolute atomic E-state index is 11.9. The van der Waals surface area contributed by atoms with E-state index in [-0.39, 0.29) is 5.78 Å². The summed E-state index contributed by atoms with van der Waals surface area (Å²) in [6.07, 6.45) is 3.41. The molecule has 0 aliphatic rings. The molecule has 3 nitrogen and oxygen atoms in total.